The van der Waals surface area contributed by atoms with E-state index in [0.29, 0.717) is 0 Å². The number of hydrogen-bond donors (Lipinski definition) is 2. The van der Waals surface area contributed by atoms with Crippen LogP contribution in [-0.4, -0.2) is 20.5 Å². The van der Waals surface area contributed by atoms with Crippen LogP contribution >= 0.6 is 0 Å². The molecule has 5 heteroatoms. The maximum atomic E-state index is 10.5. The van der Waals surface area contributed by atoms with Crippen molar-refractivity contribution in [1.82, 2.24) is 4.72 Å². The molecular formula is C4H7N2O2S. The minimum atomic E-state index is -3.35. The van der Waals surface area contributed by atoms with Crippen molar-refractivity contribution in [1.29, 1.82) is 5.41 Å². The molecule has 0 unspecified atom stereocenters. The first kappa shape index (κ1) is 8.16. The Morgan fingerprint density at radius 2 is 2.33 bits per heavy atom. The number of nitrogens with one attached hydrogen (secondary N) is 2. The summed E-state index contributed by atoms with van der Waals surface area (Å²) in [5, 5.41) is 6.26. The van der Waals surface area contributed by atoms with Crippen molar-refractivity contribution in [3.8, 4) is 0 Å². The van der Waals surface area contributed by atoms with Gasteiger partial charge in [0.15, 0.2) is 6.34 Å². The minimum Gasteiger partial charge on any atom is -0.281 e. The Morgan fingerprint density at radius 1 is 1.78 bits per heavy atom. The average molecular weight is 147 g/mol. The summed E-state index contributed by atoms with van der Waals surface area (Å²) >= 11 is 0. The summed E-state index contributed by atoms with van der Waals surface area (Å²) < 4.78 is 22.7. The van der Waals surface area contributed by atoms with Gasteiger partial charge in [0.05, 0.1) is 5.75 Å². The van der Waals surface area contributed by atoms with E-state index in [1.54, 1.807) is 11.1 Å². The highest BCUT2D eigenvalue weighted by molar-refractivity contribution is 7.90. The highest BCUT2D eigenvalue weighted by atomic mass is 32.2. The van der Waals surface area contributed by atoms with Crippen LogP contribution in [0.15, 0.2) is 12.7 Å². The fourth-order valence-corrected chi connectivity index (χ4v) is 0.824. The Kier molecular flexibility index (Phi) is 2.94. The first-order chi connectivity index (χ1) is 4.12. The van der Waals surface area contributed by atoms with Gasteiger partial charge in [-0.2, -0.15) is 0 Å². The van der Waals surface area contributed by atoms with Crippen LogP contribution in [0.5, 0.6) is 0 Å². The molecule has 0 saturated heterocycles. The quantitative estimate of drug-likeness (QED) is 0.245. The van der Waals surface area contributed by atoms with Crippen molar-refractivity contribution >= 4 is 16.4 Å². The Morgan fingerprint density at radius 3 is 2.67 bits per heavy atom. The second-order valence-electron chi connectivity index (χ2n) is 1.30. The van der Waals surface area contributed by atoms with Crippen LogP contribution in [0.1, 0.15) is 0 Å². The third-order valence-corrected chi connectivity index (χ3v) is 1.63. The molecule has 0 amide bonds. The van der Waals surface area contributed by atoms with E-state index in [2.05, 4.69) is 6.58 Å². The Bertz CT molecular complexity index is 179. The van der Waals surface area contributed by atoms with Crippen LogP contribution in [0.25, 0.3) is 0 Å². The molecule has 0 aliphatic carbocycles. The molecule has 0 fully saturated rings. The molecule has 0 aromatic rings. The van der Waals surface area contributed by atoms with Gasteiger partial charge in [-0.3, -0.25) is 10.1 Å². The molecule has 0 aromatic heterocycles. The average Bonchev–Trinajstić information content (AvgIpc) is 1.64. The fourth-order valence-electron chi connectivity index (χ4n) is 0.275. The first-order valence-corrected chi connectivity index (χ1v) is 3.79. The smallest absolute Gasteiger partial charge is 0.237 e. The monoisotopic (exact) mass is 147 g/mol. The lowest BCUT2D eigenvalue weighted by Gasteiger charge is -1.94. The van der Waals surface area contributed by atoms with Crippen LogP contribution in [0, 0.1) is 5.41 Å². The second kappa shape index (κ2) is 3.24. The molecule has 0 bridgehead atoms. The summed E-state index contributed by atoms with van der Waals surface area (Å²) in [5.74, 6) is -0.182. The predicted octanol–water partition coefficient (Wildman–Crippen LogP) is -0.424. The summed E-state index contributed by atoms with van der Waals surface area (Å²) in [5.41, 5.74) is 0. The number of sulfonamides is 1. The largest absolute Gasteiger partial charge is 0.281 e. The molecule has 0 heterocycles. The normalized spacial score (nSPS) is 10.2. The zero-order valence-corrected chi connectivity index (χ0v) is 5.53. The van der Waals surface area contributed by atoms with Gasteiger partial charge in [0.2, 0.25) is 10.0 Å². The van der Waals surface area contributed by atoms with E-state index in [1.165, 1.54) is 6.08 Å². The Labute approximate surface area is 54.1 Å². The van der Waals surface area contributed by atoms with Crippen molar-refractivity contribution in [2.75, 3.05) is 5.75 Å². The molecule has 4 nitrogen and oxygen atoms in total. The van der Waals surface area contributed by atoms with Gasteiger partial charge < -0.3 is 0 Å². The van der Waals surface area contributed by atoms with E-state index in [4.69, 9.17) is 5.41 Å². The topological polar surface area (TPSA) is 70.0 Å². The Hall–Kier alpha value is -0.840. The van der Waals surface area contributed by atoms with Gasteiger partial charge in [-0.25, -0.2) is 8.42 Å². The van der Waals surface area contributed by atoms with Crippen molar-refractivity contribution in [2.24, 2.45) is 0 Å². The third-order valence-electron chi connectivity index (χ3n) is 0.544. The van der Waals surface area contributed by atoms with Crippen molar-refractivity contribution in [3.63, 3.8) is 0 Å². The van der Waals surface area contributed by atoms with Gasteiger partial charge in [0.25, 0.3) is 0 Å². The summed E-state index contributed by atoms with van der Waals surface area (Å²) in [7, 11) is -3.35. The molecule has 1 radical (unpaired) electrons. The SMILES string of the molecule is C=CCS(=O)(=O)N[C]=N. The highest BCUT2D eigenvalue weighted by Crippen LogP contribution is 1.79. The number of rotatable bonds is 4. The van der Waals surface area contributed by atoms with Gasteiger partial charge in [-0.05, 0) is 0 Å². The van der Waals surface area contributed by atoms with Crippen molar-refractivity contribution < 1.29 is 8.42 Å². The van der Waals surface area contributed by atoms with Crippen LogP contribution in [0.3, 0.4) is 0 Å². The number of hydrogen-bond acceptors (Lipinski definition) is 3. The van der Waals surface area contributed by atoms with Crippen molar-refractivity contribution in [3.05, 3.63) is 12.7 Å². The second-order valence-corrected chi connectivity index (χ2v) is 3.06. The lowest BCUT2D eigenvalue weighted by atomic mass is 10.8. The van der Waals surface area contributed by atoms with Gasteiger partial charge >= 0.3 is 0 Å². The minimum absolute atomic E-state index is 0.182. The highest BCUT2D eigenvalue weighted by Gasteiger charge is 2.02. The fraction of sp³-hybridized carbons (Fsp3) is 0.250. The van der Waals surface area contributed by atoms with Gasteiger partial charge in [-0.1, -0.05) is 6.08 Å². The van der Waals surface area contributed by atoms with Gasteiger partial charge in [-0.15, -0.1) is 6.58 Å². The van der Waals surface area contributed by atoms with E-state index in [0.717, 1.165) is 0 Å². The summed E-state index contributed by atoms with van der Waals surface area (Å²) in [4.78, 5) is 0. The van der Waals surface area contributed by atoms with E-state index in [1.807, 2.05) is 0 Å². The molecular weight excluding hydrogens is 140 g/mol. The molecule has 2 N–H and O–H groups in total. The first-order valence-electron chi connectivity index (χ1n) is 2.14. The molecule has 0 spiro atoms. The molecule has 0 aliphatic rings. The van der Waals surface area contributed by atoms with Crippen LogP contribution in [0.2, 0.25) is 0 Å². The Balaban J connectivity index is 4.03. The maximum absolute atomic E-state index is 10.5. The summed E-state index contributed by atoms with van der Waals surface area (Å²) in [6.07, 6.45) is 2.79. The zero-order valence-electron chi connectivity index (χ0n) is 4.72. The standard InChI is InChI=1S/C4H7N2O2S/c1-2-3-9(7,8)6-4-5/h2H,1,3H2,(H2,5,6). The maximum Gasteiger partial charge on any atom is 0.237 e. The van der Waals surface area contributed by atoms with E-state index in [-0.39, 0.29) is 5.75 Å². The zero-order chi connectivity index (χ0) is 7.33. The van der Waals surface area contributed by atoms with Gasteiger partial charge in [0, 0.05) is 0 Å². The summed E-state index contributed by atoms with van der Waals surface area (Å²) in [6.45, 7) is 3.22. The predicted molar refractivity (Wildman–Crippen MR) is 34.8 cm³/mol. The van der Waals surface area contributed by atoms with Crippen LogP contribution in [0.4, 0.5) is 0 Å². The van der Waals surface area contributed by atoms with E-state index in [9.17, 15) is 8.42 Å². The van der Waals surface area contributed by atoms with E-state index < -0.39 is 10.0 Å². The molecule has 0 aliphatic heterocycles. The molecule has 51 valence electrons. The van der Waals surface area contributed by atoms with Crippen LogP contribution < -0.4 is 4.72 Å². The van der Waals surface area contributed by atoms with Crippen LogP contribution in [-0.2, 0) is 10.0 Å². The molecule has 0 rings (SSSR count). The van der Waals surface area contributed by atoms with E-state index >= 15 is 0 Å². The lowest BCUT2D eigenvalue weighted by Crippen LogP contribution is -2.23. The van der Waals surface area contributed by atoms with Crippen molar-refractivity contribution in [2.45, 2.75) is 0 Å². The molecule has 0 aromatic carbocycles. The molecule has 9 heavy (non-hydrogen) atoms. The van der Waals surface area contributed by atoms with Gasteiger partial charge in [0.1, 0.15) is 0 Å². The summed E-state index contributed by atoms with van der Waals surface area (Å²) in [6, 6.07) is 0. The third kappa shape index (κ3) is 3.72. The molecule has 0 atom stereocenters. The molecule has 0 saturated carbocycles. The lowest BCUT2D eigenvalue weighted by molar-refractivity contribution is 0.596.